The lowest BCUT2D eigenvalue weighted by Gasteiger charge is -2.02. The standard InChI is InChI=1S/C7H8ClNO2/c1-11-7-2-3-9(10)6(4-7)5-8/h2-4H,5H2,1H3. The minimum atomic E-state index is 0.195. The normalized spacial score (nSPS) is 9.64. The van der Waals surface area contributed by atoms with Crippen LogP contribution in [-0.2, 0) is 5.88 Å². The molecule has 0 aliphatic carbocycles. The molecule has 0 unspecified atom stereocenters. The molecule has 0 atom stereocenters. The van der Waals surface area contributed by atoms with Crippen molar-refractivity contribution in [3.63, 3.8) is 0 Å². The van der Waals surface area contributed by atoms with E-state index in [1.54, 1.807) is 19.2 Å². The molecule has 11 heavy (non-hydrogen) atoms. The molecule has 60 valence electrons. The van der Waals surface area contributed by atoms with Crippen LogP contribution in [-0.4, -0.2) is 7.11 Å². The monoisotopic (exact) mass is 173 g/mol. The highest BCUT2D eigenvalue weighted by atomic mass is 35.5. The Hall–Kier alpha value is -0.960. The van der Waals surface area contributed by atoms with E-state index in [1.165, 1.54) is 6.20 Å². The first-order valence-corrected chi connectivity index (χ1v) is 3.63. The number of halogens is 1. The van der Waals surface area contributed by atoms with Gasteiger partial charge in [0.05, 0.1) is 13.2 Å². The summed E-state index contributed by atoms with van der Waals surface area (Å²) in [4.78, 5) is 0. The minimum absolute atomic E-state index is 0.195. The summed E-state index contributed by atoms with van der Waals surface area (Å²) in [7, 11) is 1.54. The minimum Gasteiger partial charge on any atom is -0.618 e. The Balaban J connectivity index is 3.02. The Morgan fingerprint density at radius 1 is 1.73 bits per heavy atom. The Bertz CT molecular complexity index is 252. The molecule has 0 radical (unpaired) electrons. The molecule has 0 aliphatic rings. The van der Waals surface area contributed by atoms with Crippen LogP contribution >= 0.6 is 11.6 Å². The van der Waals surface area contributed by atoms with Crippen LogP contribution in [0.25, 0.3) is 0 Å². The number of hydrogen-bond donors (Lipinski definition) is 0. The molecule has 0 spiro atoms. The zero-order chi connectivity index (χ0) is 8.27. The van der Waals surface area contributed by atoms with Crippen LogP contribution in [0.3, 0.4) is 0 Å². The maximum absolute atomic E-state index is 10.9. The van der Waals surface area contributed by atoms with Crippen molar-refractivity contribution in [2.24, 2.45) is 0 Å². The summed E-state index contributed by atoms with van der Waals surface area (Å²) in [5.74, 6) is 0.841. The molecule has 0 saturated heterocycles. The lowest BCUT2D eigenvalue weighted by molar-refractivity contribution is -0.613. The number of hydrogen-bond acceptors (Lipinski definition) is 2. The molecule has 0 aliphatic heterocycles. The van der Waals surface area contributed by atoms with Crippen molar-refractivity contribution >= 4 is 11.6 Å². The molecule has 1 aromatic heterocycles. The highest BCUT2D eigenvalue weighted by Gasteiger charge is 2.04. The van der Waals surface area contributed by atoms with Crippen LogP contribution in [0.15, 0.2) is 18.3 Å². The average Bonchev–Trinajstić information content (AvgIpc) is 2.05. The van der Waals surface area contributed by atoms with E-state index in [9.17, 15) is 5.21 Å². The molecular weight excluding hydrogens is 166 g/mol. The molecular formula is C7H8ClNO2. The lowest BCUT2D eigenvalue weighted by Crippen LogP contribution is -2.30. The van der Waals surface area contributed by atoms with E-state index in [-0.39, 0.29) is 5.88 Å². The third-order valence-electron chi connectivity index (χ3n) is 1.34. The average molecular weight is 174 g/mol. The van der Waals surface area contributed by atoms with E-state index in [2.05, 4.69) is 0 Å². The number of pyridine rings is 1. The van der Waals surface area contributed by atoms with E-state index in [4.69, 9.17) is 16.3 Å². The number of ether oxygens (including phenoxy) is 1. The molecule has 0 aromatic carbocycles. The van der Waals surface area contributed by atoms with Crippen molar-refractivity contribution in [2.45, 2.75) is 5.88 Å². The summed E-state index contributed by atoms with van der Waals surface area (Å²) >= 11 is 5.48. The highest BCUT2D eigenvalue weighted by Crippen LogP contribution is 2.09. The zero-order valence-electron chi connectivity index (χ0n) is 6.08. The number of methoxy groups -OCH3 is 1. The largest absolute Gasteiger partial charge is 0.618 e. The van der Waals surface area contributed by atoms with Gasteiger partial charge >= 0.3 is 0 Å². The van der Waals surface area contributed by atoms with Crippen LogP contribution in [0.5, 0.6) is 5.75 Å². The number of nitrogens with zero attached hydrogens (tertiary/aromatic N) is 1. The second kappa shape index (κ2) is 3.44. The van der Waals surface area contributed by atoms with Crippen molar-refractivity contribution in [2.75, 3.05) is 7.11 Å². The SMILES string of the molecule is COc1cc[n+]([O-])c(CCl)c1. The highest BCUT2D eigenvalue weighted by molar-refractivity contribution is 6.16. The van der Waals surface area contributed by atoms with E-state index >= 15 is 0 Å². The lowest BCUT2D eigenvalue weighted by atomic mass is 10.3. The second-order valence-electron chi connectivity index (χ2n) is 2.02. The Labute approximate surface area is 69.8 Å². The maximum atomic E-state index is 10.9. The van der Waals surface area contributed by atoms with Gasteiger partial charge in [-0.3, -0.25) is 0 Å². The molecule has 3 nitrogen and oxygen atoms in total. The van der Waals surface area contributed by atoms with Gasteiger partial charge in [0.1, 0.15) is 11.6 Å². The quantitative estimate of drug-likeness (QED) is 0.381. The number of rotatable bonds is 2. The van der Waals surface area contributed by atoms with Gasteiger partial charge < -0.3 is 9.94 Å². The van der Waals surface area contributed by atoms with Crippen LogP contribution in [0, 0.1) is 5.21 Å². The van der Waals surface area contributed by atoms with Gasteiger partial charge in [0.15, 0.2) is 6.20 Å². The molecule has 1 heterocycles. The molecule has 4 heteroatoms. The topological polar surface area (TPSA) is 36.2 Å². The van der Waals surface area contributed by atoms with Crippen LogP contribution in [0.4, 0.5) is 0 Å². The van der Waals surface area contributed by atoms with Crippen molar-refractivity contribution < 1.29 is 9.47 Å². The first-order valence-electron chi connectivity index (χ1n) is 3.10. The third-order valence-corrected chi connectivity index (χ3v) is 1.61. The summed E-state index contributed by atoms with van der Waals surface area (Å²) in [6.45, 7) is 0. The van der Waals surface area contributed by atoms with Gasteiger partial charge in [0.25, 0.3) is 0 Å². The van der Waals surface area contributed by atoms with Gasteiger partial charge in [0, 0.05) is 6.07 Å². The van der Waals surface area contributed by atoms with Gasteiger partial charge in [-0.05, 0) is 0 Å². The van der Waals surface area contributed by atoms with Crippen LogP contribution < -0.4 is 9.47 Å². The predicted molar refractivity (Wildman–Crippen MR) is 41.5 cm³/mol. The zero-order valence-corrected chi connectivity index (χ0v) is 6.84. The van der Waals surface area contributed by atoms with E-state index in [0.29, 0.717) is 11.4 Å². The maximum Gasteiger partial charge on any atom is 0.211 e. The summed E-state index contributed by atoms with van der Waals surface area (Å²) in [6, 6.07) is 3.20. The molecule has 1 aromatic rings. The first kappa shape index (κ1) is 8.14. The summed E-state index contributed by atoms with van der Waals surface area (Å²) in [6.07, 6.45) is 1.37. The van der Waals surface area contributed by atoms with Crippen molar-refractivity contribution in [1.82, 2.24) is 0 Å². The van der Waals surface area contributed by atoms with Gasteiger partial charge in [-0.15, -0.1) is 11.6 Å². The molecule has 0 amide bonds. The van der Waals surface area contributed by atoms with E-state index < -0.39 is 0 Å². The Morgan fingerprint density at radius 2 is 2.45 bits per heavy atom. The molecule has 1 rings (SSSR count). The number of aromatic nitrogens is 1. The summed E-state index contributed by atoms with van der Waals surface area (Å²) < 4.78 is 5.62. The fraction of sp³-hybridized carbons (Fsp3) is 0.286. The van der Waals surface area contributed by atoms with Gasteiger partial charge in [-0.1, -0.05) is 0 Å². The summed E-state index contributed by atoms with van der Waals surface area (Å²) in [5, 5.41) is 10.9. The Kier molecular flexibility index (Phi) is 2.54. The molecule has 0 bridgehead atoms. The van der Waals surface area contributed by atoms with Crippen LogP contribution in [0.2, 0.25) is 0 Å². The van der Waals surface area contributed by atoms with E-state index in [1.807, 2.05) is 0 Å². The van der Waals surface area contributed by atoms with Crippen molar-refractivity contribution in [1.29, 1.82) is 0 Å². The third kappa shape index (κ3) is 1.74. The number of alkyl halides is 1. The fourth-order valence-corrected chi connectivity index (χ4v) is 0.932. The fourth-order valence-electron chi connectivity index (χ4n) is 0.737. The smallest absolute Gasteiger partial charge is 0.211 e. The first-order chi connectivity index (χ1) is 5.27. The molecule has 0 saturated carbocycles. The summed E-state index contributed by atoms with van der Waals surface area (Å²) in [5.41, 5.74) is 0.492. The predicted octanol–water partition coefficient (Wildman–Crippen LogP) is 1.07. The van der Waals surface area contributed by atoms with Crippen molar-refractivity contribution in [3.05, 3.63) is 29.2 Å². The van der Waals surface area contributed by atoms with Gasteiger partial charge in [-0.2, -0.15) is 4.73 Å². The molecule has 0 N–H and O–H groups in total. The Morgan fingerprint density at radius 3 is 3.00 bits per heavy atom. The van der Waals surface area contributed by atoms with Gasteiger partial charge in [0.2, 0.25) is 5.69 Å². The van der Waals surface area contributed by atoms with E-state index in [0.717, 1.165) is 4.73 Å². The van der Waals surface area contributed by atoms with Crippen molar-refractivity contribution in [3.8, 4) is 5.75 Å². The molecule has 0 fully saturated rings. The second-order valence-corrected chi connectivity index (χ2v) is 2.28. The van der Waals surface area contributed by atoms with Crippen LogP contribution in [0.1, 0.15) is 5.69 Å². The van der Waals surface area contributed by atoms with Gasteiger partial charge in [-0.25, -0.2) is 0 Å².